The molecule has 2 atom stereocenters. The van der Waals surface area contributed by atoms with E-state index in [-0.39, 0.29) is 0 Å². The van der Waals surface area contributed by atoms with Crippen molar-refractivity contribution in [1.82, 2.24) is 15.1 Å². The third-order valence-electron chi connectivity index (χ3n) is 4.25. The Hall–Kier alpha value is -1.91. The van der Waals surface area contributed by atoms with Crippen LogP contribution in [0.5, 0.6) is 0 Å². The van der Waals surface area contributed by atoms with E-state index >= 15 is 0 Å². The van der Waals surface area contributed by atoms with E-state index in [2.05, 4.69) is 22.0 Å². The van der Waals surface area contributed by atoms with E-state index in [1.54, 1.807) is 12.4 Å². The third kappa shape index (κ3) is 2.53. The molecule has 2 unspecified atom stereocenters. The minimum absolute atomic E-state index is 0.425. The molecular weight excluding hydrogens is 252 g/mol. The number of hydrogen-bond donors (Lipinski definition) is 1. The van der Waals surface area contributed by atoms with Crippen LogP contribution in [0.3, 0.4) is 0 Å². The number of rotatable bonds is 3. The standard InChI is InChI=1S/C15H20N4O/c1-2-10-4-3-5-11(8-10)14-18-15(20-19-14)12-6-7-17-9-13(12)16/h6-7,9-11H,2-5,8,16H2,1H3. The van der Waals surface area contributed by atoms with Gasteiger partial charge in [0.25, 0.3) is 5.89 Å². The monoisotopic (exact) mass is 272 g/mol. The predicted molar refractivity (Wildman–Crippen MR) is 76.9 cm³/mol. The Kier molecular flexibility index (Phi) is 3.67. The molecule has 0 spiro atoms. The topological polar surface area (TPSA) is 77.8 Å². The van der Waals surface area contributed by atoms with Crippen molar-refractivity contribution < 1.29 is 4.52 Å². The molecule has 3 rings (SSSR count). The number of pyridine rings is 1. The molecule has 2 aromatic heterocycles. The van der Waals surface area contributed by atoms with Crippen LogP contribution in [0.4, 0.5) is 5.69 Å². The van der Waals surface area contributed by atoms with Crippen LogP contribution < -0.4 is 5.73 Å². The first-order valence-corrected chi connectivity index (χ1v) is 7.31. The quantitative estimate of drug-likeness (QED) is 0.926. The van der Waals surface area contributed by atoms with Crippen LogP contribution in [-0.4, -0.2) is 15.1 Å². The minimum Gasteiger partial charge on any atom is -0.397 e. The summed E-state index contributed by atoms with van der Waals surface area (Å²) in [6.45, 7) is 2.26. The maximum atomic E-state index is 5.89. The van der Waals surface area contributed by atoms with Crippen molar-refractivity contribution in [1.29, 1.82) is 0 Å². The fraction of sp³-hybridized carbons (Fsp3) is 0.533. The second kappa shape index (κ2) is 5.61. The number of anilines is 1. The Labute approximate surface area is 118 Å². The summed E-state index contributed by atoms with van der Waals surface area (Å²) >= 11 is 0. The molecule has 0 aromatic carbocycles. The van der Waals surface area contributed by atoms with Crippen LogP contribution in [0.1, 0.15) is 50.8 Å². The Balaban J connectivity index is 1.82. The highest BCUT2D eigenvalue weighted by molar-refractivity contribution is 5.68. The van der Waals surface area contributed by atoms with Gasteiger partial charge in [0.2, 0.25) is 0 Å². The van der Waals surface area contributed by atoms with Crippen LogP contribution in [0.25, 0.3) is 11.5 Å². The minimum atomic E-state index is 0.425. The summed E-state index contributed by atoms with van der Waals surface area (Å²) in [5, 5.41) is 4.16. The summed E-state index contributed by atoms with van der Waals surface area (Å²) in [6, 6.07) is 1.81. The lowest BCUT2D eigenvalue weighted by atomic mass is 9.80. The molecule has 1 aliphatic carbocycles. The lowest BCUT2D eigenvalue weighted by molar-refractivity contribution is 0.300. The van der Waals surface area contributed by atoms with Crippen molar-refractivity contribution in [2.75, 3.05) is 5.73 Å². The van der Waals surface area contributed by atoms with Gasteiger partial charge in [-0.25, -0.2) is 0 Å². The number of aromatic nitrogens is 3. The van der Waals surface area contributed by atoms with Gasteiger partial charge in [0, 0.05) is 12.1 Å². The van der Waals surface area contributed by atoms with E-state index in [0.717, 1.165) is 23.7 Å². The second-order valence-electron chi connectivity index (χ2n) is 5.56. The normalized spacial score (nSPS) is 22.9. The van der Waals surface area contributed by atoms with Gasteiger partial charge in [-0.1, -0.05) is 31.3 Å². The van der Waals surface area contributed by atoms with Gasteiger partial charge in [0.05, 0.1) is 17.4 Å². The molecule has 20 heavy (non-hydrogen) atoms. The largest absolute Gasteiger partial charge is 0.397 e. The van der Waals surface area contributed by atoms with E-state index in [1.165, 1.54) is 25.7 Å². The molecule has 0 saturated heterocycles. The van der Waals surface area contributed by atoms with Gasteiger partial charge in [-0.3, -0.25) is 4.98 Å². The summed E-state index contributed by atoms with van der Waals surface area (Å²) in [7, 11) is 0. The van der Waals surface area contributed by atoms with Crippen molar-refractivity contribution in [3.05, 3.63) is 24.3 Å². The molecule has 5 heteroatoms. The Morgan fingerprint density at radius 1 is 1.40 bits per heavy atom. The molecule has 0 aliphatic heterocycles. The molecule has 1 saturated carbocycles. The van der Waals surface area contributed by atoms with Crippen LogP contribution in [0.15, 0.2) is 23.0 Å². The van der Waals surface area contributed by atoms with Crippen LogP contribution in [0.2, 0.25) is 0 Å². The molecule has 2 aromatic rings. The van der Waals surface area contributed by atoms with Gasteiger partial charge in [0.1, 0.15) is 0 Å². The van der Waals surface area contributed by atoms with E-state index < -0.39 is 0 Å². The predicted octanol–water partition coefficient (Wildman–Crippen LogP) is 3.40. The Morgan fingerprint density at radius 3 is 3.10 bits per heavy atom. The maximum absolute atomic E-state index is 5.89. The van der Waals surface area contributed by atoms with Crippen LogP contribution >= 0.6 is 0 Å². The molecule has 1 aliphatic rings. The highest BCUT2D eigenvalue weighted by Gasteiger charge is 2.26. The molecule has 0 bridgehead atoms. The molecule has 0 amide bonds. The van der Waals surface area contributed by atoms with E-state index in [1.807, 2.05) is 6.07 Å². The van der Waals surface area contributed by atoms with Gasteiger partial charge >= 0.3 is 0 Å². The second-order valence-corrected chi connectivity index (χ2v) is 5.56. The third-order valence-corrected chi connectivity index (χ3v) is 4.25. The highest BCUT2D eigenvalue weighted by Crippen LogP contribution is 2.37. The zero-order valence-corrected chi connectivity index (χ0v) is 11.7. The summed E-state index contributed by atoms with van der Waals surface area (Å²) < 4.78 is 5.38. The lowest BCUT2D eigenvalue weighted by Gasteiger charge is -2.26. The zero-order chi connectivity index (χ0) is 13.9. The van der Waals surface area contributed by atoms with E-state index in [0.29, 0.717) is 17.5 Å². The molecule has 1 fully saturated rings. The molecule has 2 heterocycles. The highest BCUT2D eigenvalue weighted by atomic mass is 16.5. The van der Waals surface area contributed by atoms with Crippen molar-refractivity contribution in [2.45, 2.75) is 44.9 Å². The zero-order valence-electron chi connectivity index (χ0n) is 11.7. The summed E-state index contributed by atoms with van der Waals surface area (Å²) in [6.07, 6.45) is 9.43. The van der Waals surface area contributed by atoms with E-state index in [4.69, 9.17) is 10.3 Å². The lowest BCUT2D eigenvalue weighted by Crippen LogP contribution is -2.14. The summed E-state index contributed by atoms with van der Waals surface area (Å²) in [5.41, 5.74) is 7.23. The van der Waals surface area contributed by atoms with Crippen LogP contribution in [-0.2, 0) is 0 Å². The molecule has 0 radical (unpaired) electrons. The van der Waals surface area contributed by atoms with E-state index in [9.17, 15) is 0 Å². The average Bonchev–Trinajstić information content (AvgIpc) is 2.97. The molecular formula is C15H20N4O. The van der Waals surface area contributed by atoms with Crippen molar-refractivity contribution in [3.8, 4) is 11.5 Å². The Bertz CT molecular complexity index is 581. The van der Waals surface area contributed by atoms with Gasteiger partial charge in [-0.2, -0.15) is 4.98 Å². The first-order valence-electron chi connectivity index (χ1n) is 7.31. The number of hydrogen-bond acceptors (Lipinski definition) is 5. The molecule has 5 nitrogen and oxygen atoms in total. The summed E-state index contributed by atoms with van der Waals surface area (Å²) in [5.74, 6) is 2.55. The fourth-order valence-corrected chi connectivity index (χ4v) is 3.01. The number of nitrogens with zero attached hydrogens (tertiary/aromatic N) is 3. The SMILES string of the molecule is CCC1CCCC(c2noc(-c3ccncc3N)n2)C1. The van der Waals surface area contributed by atoms with Crippen LogP contribution in [0, 0.1) is 5.92 Å². The van der Waals surface area contributed by atoms with Gasteiger partial charge in [0.15, 0.2) is 5.82 Å². The summed E-state index contributed by atoms with van der Waals surface area (Å²) in [4.78, 5) is 8.52. The number of nitrogen functional groups attached to an aromatic ring is 1. The van der Waals surface area contributed by atoms with Gasteiger partial charge in [-0.05, 0) is 24.8 Å². The Morgan fingerprint density at radius 2 is 2.30 bits per heavy atom. The first-order chi connectivity index (χ1) is 9.78. The molecule has 106 valence electrons. The maximum Gasteiger partial charge on any atom is 0.260 e. The van der Waals surface area contributed by atoms with Crippen molar-refractivity contribution >= 4 is 5.69 Å². The van der Waals surface area contributed by atoms with Gasteiger partial charge in [-0.15, -0.1) is 0 Å². The fourth-order valence-electron chi connectivity index (χ4n) is 3.01. The average molecular weight is 272 g/mol. The number of nitrogens with two attached hydrogens (primary N) is 1. The van der Waals surface area contributed by atoms with Crippen molar-refractivity contribution in [2.24, 2.45) is 5.92 Å². The molecule has 2 N–H and O–H groups in total. The smallest absolute Gasteiger partial charge is 0.260 e. The van der Waals surface area contributed by atoms with Gasteiger partial charge < -0.3 is 10.3 Å². The first kappa shape index (κ1) is 13.1. The van der Waals surface area contributed by atoms with Crippen molar-refractivity contribution in [3.63, 3.8) is 0 Å².